The summed E-state index contributed by atoms with van der Waals surface area (Å²) in [6, 6.07) is 6.27. The average Bonchev–Trinajstić information content (AvgIpc) is 3.81. The molecule has 0 radical (unpaired) electrons. The van der Waals surface area contributed by atoms with Gasteiger partial charge in [0.25, 0.3) is 0 Å². The van der Waals surface area contributed by atoms with Gasteiger partial charge in [0, 0.05) is 6.42 Å². The maximum absolute atomic E-state index is 13.6. The third kappa shape index (κ3) is 12.6. The molecule has 3 rings (SSSR count). The highest BCUT2D eigenvalue weighted by Crippen LogP contribution is 2.34. The van der Waals surface area contributed by atoms with Crippen molar-refractivity contribution in [3.63, 3.8) is 0 Å². The molecule has 11 heteroatoms. The zero-order valence-electron chi connectivity index (χ0n) is 26.6. The van der Waals surface area contributed by atoms with Crippen LogP contribution < -0.4 is 21.3 Å². The Bertz CT molecular complexity index is 1110. The van der Waals surface area contributed by atoms with Crippen LogP contribution in [0.5, 0.6) is 0 Å². The van der Waals surface area contributed by atoms with Crippen LogP contribution in [0, 0.1) is 11.8 Å². The Morgan fingerprint density at radius 3 is 2.11 bits per heavy atom. The first-order valence-corrected chi connectivity index (χ1v) is 16.1. The average molecular weight is 615 g/mol. The van der Waals surface area contributed by atoms with E-state index in [0.29, 0.717) is 51.1 Å². The number of amides is 3. The Hall–Kier alpha value is -3.47. The minimum atomic E-state index is -1.02. The lowest BCUT2D eigenvalue weighted by Crippen LogP contribution is -2.56. The molecule has 0 spiro atoms. The third-order valence-electron chi connectivity index (χ3n) is 7.80. The summed E-state index contributed by atoms with van der Waals surface area (Å²) in [6.07, 6.45) is 5.61. The highest BCUT2D eigenvalue weighted by atomic mass is 16.6. The van der Waals surface area contributed by atoms with Crippen molar-refractivity contribution < 1.29 is 33.4 Å². The molecule has 1 aliphatic heterocycles. The third-order valence-corrected chi connectivity index (χ3v) is 7.80. The van der Waals surface area contributed by atoms with Crippen LogP contribution in [-0.2, 0) is 35.1 Å². The van der Waals surface area contributed by atoms with Gasteiger partial charge < -0.3 is 30.7 Å². The predicted octanol–water partition coefficient (Wildman–Crippen LogP) is 3.54. The van der Waals surface area contributed by atoms with Gasteiger partial charge in [-0.2, -0.15) is 0 Å². The first-order chi connectivity index (χ1) is 20.9. The molecule has 11 nitrogen and oxygen atoms in total. The highest BCUT2D eigenvalue weighted by molar-refractivity contribution is 5.95. The summed E-state index contributed by atoms with van der Waals surface area (Å²) in [6.45, 7) is 8.53. The molecule has 244 valence electrons. The number of benzene rings is 1. The molecule has 44 heavy (non-hydrogen) atoms. The minimum absolute atomic E-state index is 0.188. The first kappa shape index (κ1) is 35.0. The number of carbonyl (C=O) groups excluding carboxylic acids is 5. The van der Waals surface area contributed by atoms with Crippen LogP contribution >= 0.6 is 0 Å². The van der Waals surface area contributed by atoms with E-state index in [1.165, 1.54) is 0 Å². The normalized spacial score (nSPS) is 17.5. The van der Waals surface area contributed by atoms with E-state index >= 15 is 0 Å². The van der Waals surface area contributed by atoms with Gasteiger partial charge in [-0.3, -0.25) is 14.4 Å². The zero-order valence-corrected chi connectivity index (χ0v) is 26.6. The molecule has 0 bridgehead atoms. The number of hydrogen-bond acceptors (Lipinski definition) is 8. The Morgan fingerprint density at radius 1 is 0.864 bits per heavy atom. The van der Waals surface area contributed by atoms with Gasteiger partial charge in [0.2, 0.25) is 11.8 Å². The van der Waals surface area contributed by atoms with Gasteiger partial charge in [0.15, 0.2) is 0 Å². The van der Waals surface area contributed by atoms with Crippen LogP contribution in [0.15, 0.2) is 30.3 Å². The van der Waals surface area contributed by atoms with Crippen molar-refractivity contribution in [2.75, 3.05) is 13.1 Å². The van der Waals surface area contributed by atoms with Crippen LogP contribution in [0.1, 0.15) is 91.0 Å². The fraction of sp³-hybridized carbons (Fsp3) is 0.667. The quantitative estimate of drug-likeness (QED) is 0.173. The monoisotopic (exact) mass is 614 g/mol. The molecule has 4 N–H and O–H groups in total. The molecular formula is C33H50N4O7. The van der Waals surface area contributed by atoms with Gasteiger partial charge in [-0.05, 0) is 77.4 Å². The molecule has 1 unspecified atom stereocenters. The number of unbranched alkanes of at least 4 members (excludes halogenated alkanes) is 1. The Labute approximate surface area is 261 Å². The number of piperidine rings is 1. The van der Waals surface area contributed by atoms with Gasteiger partial charge in [-0.15, -0.1) is 0 Å². The Kier molecular flexibility index (Phi) is 13.6. The van der Waals surface area contributed by atoms with Crippen molar-refractivity contribution in [3.05, 3.63) is 35.9 Å². The number of esters is 2. The number of alkyl carbamates (subject to hydrolysis) is 1. The van der Waals surface area contributed by atoms with Gasteiger partial charge in [-0.1, -0.05) is 62.9 Å². The Morgan fingerprint density at radius 2 is 1.50 bits per heavy atom. The first-order valence-electron chi connectivity index (χ1n) is 16.1. The summed E-state index contributed by atoms with van der Waals surface area (Å²) in [5, 5.41) is 11.4. The van der Waals surface area contributed by atoms with E-state index in [0.717, 1.165) is 31.2 Å². The van der Waals surface area contributed by atoms with Crippen LogP contribution in [0.2, 0.25) is 0 Å². The zero-order chi connectivity index (χ0) is 32.1. The number of hydrogen-bond donors (Lipinski definition) is 4. The van der Waals surface area contributed by atoms with Gasteiger partial charge in [0.05, 0.1) is 5.92 Å². The van der Waals surface area contributed by atoms with E-state index in [9.17, 15) is 24.0 Å². The van der Waals surface area contributed by atoms with Crippen molar-refractivity contribution in [3.8, 4) is 0 Å². The van der Waals surface area contributed by atoms with Crippen LogP contribution in [0.3, 0.4) is 0 Å². The fourth-order valence-electron chi connectivity index (χ4n) is 5.10. The molecule has 1 saturated heterocycles. The second-order valence-corrected chi connectivity index (χ2v) is 12.9. The van der Waals surface area contributed by atoms with Crippen molar-refractivity contribution in [2.45, 2.75) is 116 Å². The van der Waals surface area contributed by atoms with Gasteiger partial charge >= 0.3 is 18.0 Å². The maximum Gasteiger partial charge on any atom is 0.408 e. The largest absolute Gasteiger partial charge is 0.444 e. The molecule has 2 fully saturated rings. The lowest BCUT2D eigenvalue weighted by atomic mass is 9.98. The standard InChI is InChI=1S/C33H50N4O7/c1-5-6-12-26(31(41)43-30(40)24-17-19-34-20-18-24)36-28(38)25(16-15-22-13-14-22)35-29(39)27(21-23-10-8-7-9-11-23)37-32(42)44-33(2,3)4/h7-11,22,24-27,34H,5-6,12-21H2,1-4H3,(H,35,39)(H,36,38)(H,37,42)/t25-,26?,27-/m1/s1. The van der Waals surface area contributed by atoms with E-state index in [4.69, 9.17) is 9.47 Å². The Balaban J connectivity index is 1.72. The van der Waals surface area contributed by atoms with E-state index in [1.807, 2.05) is 37.3 Å². The van der Waals surface area contributed by atoms with E-state index in [2.05, 4.69) is 21.3 Å². The maximum atomic E-state index is 13.6. The lowest BCUT2D eigenvalue weighted by molar-refractivity contribution is -0.165. The van der Waals surface area contributed by atoms with Crippen LogP contribution in [0.4, 0.5) is 4.79 Å². The van der Waals surface area contributed by atoms with Crippen molar-refractivity contribution >= 4 is 29.8 Å². The van der Waals surface area contributed by atoms with Gasteiger partial charge in [0.1, 0.15) is 23.7 Å². The van der Waals surface area contributed by atoms with E-state index in [-0.39, 0.29) is 12.3 Å². The van der Waals surface area contributed by atoms with E-state index < -0.39 is 53.6 Å². The van der Waals surface area contributed by atoms with Crippen LogP contribution in [-0.4, -0.2) is 66.7 Å². The summed E-state index contributed by atoms with van der Waals surface area (Å²) in [5.74, 6) is -2.27. The molecule has 1 aromatic carbocycles. The number of nitrogens with one attached hydrogen (secondary N) is 4. The van der Waals surface area contributed by atoms with Crippen molar-refractivity contribution in [1.29, 1.82) is 0 Å². The second kappa shape index (κ2) is 17.1. The van der Waals surface area contributed by atoms with Gasteiger partial charge in [-0.25, -0.2) is 9.59 Å². The summed E-state index contributed by atoms with van der Waals surface area (Å²) in [5.41, 5.74) is 0.0607. The number of ether oxygens (including phenoxy) is 2. The number of rotatable bonds is 15. The molecule has 0 aromatic heterocycles. The predicted molar refractivity (Wildman–Crippen MR) is 165 cm³/mol. The minimum Gasteiger partial charge on any atom is -0.444 e. The van der Waals surface area contributed by atoms with E-state index in [1.54, 1.807) is 20.8 Å². The smallest absolute Gasteiger partial charge is 0.408 e. The summed E-state index contributed by atoms with van der Waals surface area (Å²) < 4.78 is 10.6. The molecule has 1 saturated carbocycles. The molecule has 3 amide bonds. The summed E-state index contributed by atoms with van der Waals surface area (Å²) in [4.78, 5) is 65.7. The topological polar surface area (TPSA) is 152 Å². The van der Waals surface area contributed by atoms with Crippen molar-refractivity contribution in [1.82, 2.24) is 21.3 Å². The summed E-state index contributed by atoms with van der Waals surface area (Å²) in [7, 11) is 0. The fourth-order valence-corrected chi connectivity index (χ4v) is 5.10. The number of carbonyl (C=O) groups is 5. The molecule has 1 heterocycles. The molecule has 1 aliphatic carbocycles. The van der Waals surface area contributed by atoms with Crippen molar-refractivity contribution in [2.24, 2.45) is 11.8 Å². The molecule has 2 aliphatic rings. The SMILES string of the molecule is CCCCC(NC(=O)[C@@H](CCC1CC1)NC(=O)[C@@H](Cc1ccccc1)NC(=O)OC(C)(C)C)C(=O)OC(=O)C1CCNCC1. The highest BCUT2D eigenvalue weighted by Gasteiger charge is 2.34. The lowest BCUT2D eigenvalue weighted by Gasteiger charge is -2.26. The van der Waals surface area contributed by atoms with Crippen LogP contribution in [0.25, 0.3) is 0 Å². The second-order valence-electron chi connectivity index (χ2n) is 12.9. The molecular weight excluding hydrogens is 564 g/mol. The molecule has 1 aromatic rings. The molecule has 3 atom stereocenters. The summed E-state index contributed by atoms with van der Waals surface area (Å²) >= 11 is 0.